The van der Waals surface area contributed by atoms with Crippen LogP contribution in [0, 0.1) is 6.92 Å². The van der Waals surface area contributed by atoms with E-state index in [1.54, 1.807) is 0 Å². The molecule has 1 amide bonds. The summed E-state index contributed by atoms with van der Waals surface area (Å²) in [6.45, 7) is 9.44. The van der Waals surface area contributed by atoms with E-state index in [4.69, 9.17) is 4.74 Å². The zero-order chi connectivity index (χ0) is 17.5. The van der Waals surface area contributed by atoms with Gasteiger partial charge in [-0.3, -0.25) is 4.79 Å². The Hall–Kier alpha value is -2.49. The molecule has 24 heavy (non-hydrogen) atoms. The first kappa shape index (κ1) is 17.9. The van der Waals surface area contributed by atoms with Crippen molar-refractivity contribution in [2.45, 2.75) is 33.7 Å². The monoisotopic (exact) mass is 326 g/mol. The molecule has 0 saturated carbocycles. The molecule has 4 heteroatoms. The third-order valence-electron chi connectivity index (χ3n) is 3.84. The molecule has 0 fully saturated rings. The molecule has 0 bridgehead atoms. The fourth-order valence-corrected chi connectivity index (χ4v) is 2.56. The summed E-state index contributed by atoms with van der Waals surface area (Å²) in [5.41, 5.74) is 3.09. The van der Waals surface area contributed by atoms with Gasteiger partial charge in [-0.15, -0.1) is 0 Å². The van der Waals surface area contributed by atoms with Gasteiger partial charge in [0.05, 0.1) is 0 Å². The molecule has 0 aliphatic heterocycles. The van der Waals surface area contributed by atoms with Gasteiger partial charge in [-0.25, -0.2) is 0 Å². The van der Waals surface area contributed by atoms with Crippen LogP contribution in [0.4, 0.5) is 11.4 Å². The fourth-order valence-electron chi connectivity index (χ4n) is 2.56. The largest absolute Gasteiger partial charge is 0.484 e. The average Bonchev–Trinajstić information content (AvgIpc) is 2.56. The van der Waals surface area contributed by atoms with Crippen LogP contribution in [0.15, 0.2) is 48.5 Å². The lowest BCUT2D eigenvalue weighted by molar-refractivity contribution is -0.118. The number of hydrogen-bond donors (Lipinski definition) is 1. The number of rotatable bonds is 7. The van der Waals surface area contributed by atoms with Crippen molar-refractivity contribution in [2.75, 3.05) is 23.4 Å². The zero-order valence-corrected chi connectivity index (χ0v) is 14.9. The summed E-state index contributed by atoms with van der Waals surface area (Å²) in [5, 5.41) is 2.85. The number of carbonyl (C=O) groups excluding carboxylic acids is 1. The summed E-state index contributed by atoms with van der Waals surface area (Å²) in [7, 11) is 0. The lowest BCUT2D eigenvalue weighted by Gasteiger charge is -2.27. The van der Waals surface area contributed by atoms with E-state index < -0.39 is 0 Å². The molecule has 0 saturated heterocycles. The average molecular weight is 326 g/mol. The number of ether oxygens (including phenoxy) is 1. The maximum absolute atomic E-state index is 12.0. The zero-order valence-electron chi connectivity index (χ0n) is 14.9. The Balaban J connectivity index is 1.88. The van der Waals surface area contributed by atoms with E-state index in [1.807, 2.05) is 55.5 Å². The number of benzene rings is 2. The highest BCUT2D eigenvalue weighted by molar-refractivity contribution is 5.92. The van der Waals surface area contributed by atoms with Crippen LogP contribution in [0.5, 0.6) is 5.75 Å². The third-order valence-corrected chi connectivity index (χ3v) is 3.84. The molecular weight excluding hydrogens is 300 g/mol. The molecule has 2 rings (SSSR count). The molecule has 2 aromatic carbocycles. The van der Waals surface area contributed by atoms with Gasteiger partial charge < -0.3 is 15.0 Å². The number of carbonyl (C=O) groups is 1. The Morgan fingerprint density at radius 2 is 1.71 bits per heavy atom. The first-order valence-corrected chi connectivity index (χ1v) is 8.35. The fraction of sp³-hybridized carbons (Fsp3) is 0.350. The molecule has 4 nitrogen and oxygen atoms in total. The van der Waals surface area contributed by atoms with Crippen LogP contribution < -0.4 is 15.0 Å². The number of anilines is 2. The van der Waals surface area contributed by atoms with Crippen molar-refractivity contribution in [3.8, 4) is 5.75 Å². The summed E-state index contributed by atoms with van der Waals surface area (Å²) in [6.07, 6.45) is 0. The standard InChI is InChI=1S/C20H26N2O2/c1-5-22(15(2)3)18-10-8-17(9-11-18)21-20(23)14-24-19-12-6-16(4)7-13-19/h6-13,15H,5,14H2,1-4H3,(H,21,23). The lowest BCUT2D eigenvalue weighted by Crippen LogP contribution is -2.30. The van der Waals surface area contributed by atoms with Crippen LogP contribution in [0.3, 0.4) is 0 Å². The van der Waals surface area contributed by atoms with Crippen LogP contribution in [0.25, 0.3) is 0 Å². The van der Waals surface area contributed by atoms with E-state index in [-0.39, 0.29) is 12.5 Å². The first-order valence-electron chi connectivity index (χ1n) is 8.35. The summed E-state index contributed by atoms with van der Waals surface area (Å²) >= 11 is 0. The molecule has 128 valence electrons. The summed E-state index contributed by atoms with van der Waals surface area (Å²) in [5.74, 6) is 0.529. The van der Waals surface area contributed by atoms with E-state index in [1.165, 1.54) is 0 Å². The molecule has 0 heterocycles. The van der Waals surface area contributed by atoms with Crippen LogP contribution in [0.2, 0.25) is 0 Å². The second kappa shape index (κ2) is 8.39. The Morgan fingerprint density at radius 1 is 1.08 bits per heavy atom. The Bertz CT molecular complexity index is 648. The number of aryl methyl sites for hydroxylation is 1. The maximum Gasteiger partial charge on any atom is 0.262 e. The van der Waals surface area contributed by atoms with Gasteiger partial charge in [0.15, 0.2) is 6.61 Å². The molecule has 0 unspecified atom stereocenters. The molecule has 0 aliphatic rings. The van der Waals surface area contributed by atoms with Crippen molar-refractivity contribution in [3.05, 3.63) is 54.1 Å². The Morgan fingerprint density at radius 3 is 2.25 bits per heavy atom. The first-order chi connectivity index (χ1) is 11.5. The number of nitrogens with one attached hydrogen (secondary N) is 1. The quantitative estimate of drug-likeness (QED) is 0.827. The molecule has 0 spiro atoms. The van der Waals surface area contributed by atoms with Gasteiger partial charge in [0, 0.05) is 24.0 Å². The smallest absolute Gasteiger partial charge is 0.262 e. The van der Waals surface area contributed by atoms with Crippen molar-refractivity contribution in [3.63, 3.8) is 0 Å². The van der Waals surface area contributed by atoms with Crippen molar-refractivity contribution in [1.82, 2.24) is 0 Å². The minimum absolute atomic E-state index is 0.00209. The molecule has 0 atom stereocenters. The second-order valence-corrected chi connectivity index (χ2v) is 6.08. The van der Waals surface area contributed by atoms with Crippen molar-refractivity contribution < 1.29 is 9.53 Å². The van der Waals surface area contributed by atoms with E-state index in [2.05, 4.69) is 31.0 Å². The third kappa shape index (κ3) is 5.01. The molecule has 1 N–H and O–H groups in total. The van der Waals surface area contributed by atoms with E-state index in [0.29, 0.717) is 11.8 Å². The molecule has 0 aliphatic carbocycles. The highest BCUT2D eigenvalue weighted by Gasteiger charge is 2.09. The minimum Gasteiger partial charge on any atom is -0.484 e. The van der Waals surface area contributed by atoms with Gasteiger partial charge in [0.2, 0.25) is 0 Å². The molecule has 0 aromatic heterocycles. The number of hydrogen-bond acceptors (Lipinski definition) is 3. The van der Waals surface area contributed by atoms with Gasteiger partial charge in [0.1, 0.15) is 5.75 Å². The lowest BCUT2D eigenvalue weighted by atomic mass is 10.2. The van der Waals surface area contributed by atoms with Gasteiger partial charge in [-0.1, -0.05) is 17.7 Å². The van der Waals surface area contributed by atoms with E-state index >= 15 is 0 Å². The molecule has 0 radical (unpaired) electrons. The summed E-state index contributed by atoms with van der Waals surface area (Å²) in [4.78, 5) is 14.3. The van der Waals surface area contributed by atoms with Gasteiger partial charge in [-0.05, 0) is 64.1 Å². The molecule has 2 aromatic rings. The summed E-state index contributed by atoms with van der Waals surface area (Å²) in [6, 6.07) is 16.0. The highest BCUT2D eigenvalue weighted by atomic mass is 16.5. The van der Waals surface area contributed by atoms with Crippen LogP contribution in [-0.4, -0.2) is 25.1 Å². The van der Waals surface area contributed by atoms with Gasteiger partial charge in [-0.2, -0.15) is 0 Å². The van der Waals surface area contributed by atoms with E-state index in [9.17, 15) is 4.79 Å². The SMILES string of the molecule is CCN(c1ccc(NC(=O)COc2ccc(C)cc2)cc1)C(C)C. The van der Waals surface area contributed by atoms with Crippen molar-refractivity contribution in [1.29, 1.82) is 0 Å². The van der Waals surface area contributed by atoms with E-state index in [0.717, 1.165) is 23.5 Å². The Labute approximate surface area is 144 Å². The predicted octanol–water partition coefficient (Wildman–Crippen LogP) is 4.25. The van der Waals surface area contributed by atoms with Crippen LogP contribution in [-0.2, 0) is 4.79 Å². The minimum atomic E-state index is -0.167. The summed E-state index contributed by atoms with van der Waals surface area (Å²) < 4.78 is 5.49. The molecular formula is C20H26N2O2. The number of nitrogens with zero attached hydrogens (tertiary/aromatic N) is 1. The number of amides is 1. The maximum atomic E-state index is 12.0. The predicted molar refractivity (Wildman–Crippen MR) is 99.9 cm³/mol. The second-order valence-electron chi connectivity index (χ2n) is 6.08. The normalized spacial score (nSPS) is 10.5. The van der Waals surface area contributed by atoms with Gasteiger partial charge >= 0.3 is 0 Å². The van der Waals surface area contributed by atoms with Crippen molar-refractivity contribution >= 4 is 17.3 Å². The van der Waals surface area contributed by atoms with Crippen molar-refractivity contribution in [2.24, 2.45) is 0 Å². The highest BCUT2D eigenvalue weighted by Crippen LogP contribution is 2.20. The van der Waals surface area contributed by atoms with Crippen LogP contribution >= 0.6 is 0 Å². The van der Waals surface area contributed by atoms with Gasteiger partial charge in [0.25, 0.3) is 5.91 Å². The Kier molecular flexibility index (Phi) is 6.24. The van der Waals surface area contributed by atoms with Crippen LogP contribution in [0.1, 0.15) is 26.3 Å². The topological polar surface area (TPSA) is 41.6 Å².